The fourth-order valence-electron chi connectivity index (χ4n) is 4.35. The van der Waals surface area contributed by atoms with Crippen molar-refractivity contribution in [3.8, 4) is 5.75 Å². The molecule has 3 unspecified atom stereocenters. The number of hydrogen-bond acceptors (Lipinski definition) is 3. The minimum atomic E-state index is 0.0772. The van der Waals surface area contributed by atoms with Crippen LogP contribution in [0.5, 0.6) is 5.75 Å². The van der Waals surface area contributed by atoms with Crippen molar-refractivity contribution in [2.75, 3.05) is 20.8 Å². The number of hydrogen-bond donors (Lipinski definition) is 2. The Morgan fingerprint density at radius 3 is 2.95 bits per heavy atom. The maximum atomic E-state index is 9.47. The maximum Gasteiger partial charge on any atom is 0.119 e. The van der Waals surface area contributed by atoms with E-state index in [0.29, 0.717) is 18.4 Å². The molecule has 1 fully saturated rings. The van der Waals surface area contributed by atoms with Crippen LogP contribution < -0.4 is 10.1 Å². The summed E-state index contributed by atoms with van der Waals surface area (Å²) in [5, 5.41) is 13.1. The smallest absolute Gasteiger partial charge is 0.119 e. The van der Waals surface area contributed by atoms with Crippen LogP contribution in [0, 0.1) is 11.8 Å². The summed E-state index contributed by atoms with van der Waals surface area (Å²) < 4.78 is 5.42. The van der Waals surface area contributed by atoms with Gasteiger partial charge in [-0.3, -0.25) is 0 Å². The van der Waals surface area contributed by atoms with Gasteiger partial charge in [0, 0.05) is 12.1 Å². The lowest BCUT2D eigenvalue weighted by Gasteiger charge is -2.50. The van der Waals surface area contributed by atoms with Crippen LogP contribution in [0.2, 0.25) is 0 Å². The Bertz CT molecular complexity index is 488. The Morgan fingerprint density at radius 2 is 2.25 bits per heavy atom. The quantitative estimate of drug-likeness (QED) is 0.890. The summed E-state index contributed by atoms with van der Waals surface area (Å²) in [4.78, 5) is 0. The van der Waals surface area contributed by atoms with E-state index in [9.17, 15) is 5.11 Å². The molecule has 0 aromatic heterocycles. The zero-order valence-electron chi connectivity index (χ0n) is 12.5. The molecule has 3 nitrogen and oxygen atoms in total. The van der Waals surface area contributed by atoms with Crippen LogP contribution in [0.25, 0.3) is 0 Å². The second-order valence-electron chi connectivity index (χ2n) is 6.30. The van der Waals surface area contributed by atoms with Crippen LogP contribution >= 0.6 is 0 Å². The Labute approximate surface area is 121 Å². The van der Waals surface area contributed by atoms with E-state index in [4.69, 9.17) is 4.74 Å². The molecule has 0 aliphatic heterocycles. The third-order valence-corrected chi connectivity index (χ3v) is 5.53. The molecule has 0 bridgehead atoms. The molecule has 1 aromatic carbocycles. The summed E-state index contributed by atoms with van der Waals surface area (Å²) in [6.07, 6.45) is 5.71. The van der Waals surface area contributed by atoms with E-state index in [2.05, 4.69) is 30.6 Å². The van der Waals surface area contributed by atoms with Crippen LogP contribution in [0.15, 0.2) is 18.2 Å². The molecule has 2 aliphatic rings. The monoisotopic (exact) mass is 275 g/mol. The number of rotatable bonds is 3. The highest BCUT2D eigenvalue weighted by Gasteiger charge is 2.46. The average Bonchev–Trinajstić information content (AvgIpc) is 2.53. The van der Waals surface area contributed by atoms with Crippen molar-refractivity contribution in [2.24, 2.45) is 11.8 Å². The number of methoxy groups -OCH3 is 1. The number of ether oxygens (including phenoxy) is 1. The van der Waals surface area contributed by atoms with Crippen molar-refractivity contribution in [3.63, 3.8) is 0 Å². The van der Waals surface area contributed by atoms with E-state index in [1.54, 1.807) is 7.11 Å². The lowest BCUT2D eigenvalue weighted by Crippen LogP contribution is -2.52. The van der Waals surface area contributed by atoms with Gasteiger partial charge in [0.15, 0.2) is 0 Å². The molecule has 0 spiro atoms. The van der Waals surface area contributed by atoms with E-state index < -0.39 is 0 Å². The first-order valence-electron chi connectivity index (χ1n) is 7.70. The lowest BCUT2D eigenvalue weighted by atomic mass is 9.60. The first kappa shape index (κ1) is 13.9. The van der Waals surface area contributed by atoms with E-state index in [1.165, 1.54) is 17.5 Å². The minimum absolute atomic E-state index is 0.0772. The number of aliphatic hydroxyl groups excluding tert-OH is 1. The maximum absolute atomic E-state index is 9.47. The van der Waals surface area contributed by atoms with E-state index in [-0.39, 0.29) is 5.54 Å². The molecule has 1 saturated carbocycles. The summed E-state index contributed by atoms with van der Waals surface area (Å²) in [5.41, 5.74) is 2.96. The van der Waals surface area contributed by atoms with Gasteiger partial charge in [-0.1, -0.05) is 6.07 Å². The number of aliphatic hydroxyl groups is 1. The highest BCUT2D eigenvalue weighted by molar-refractivity contribution is 5.43. The van der Waals surface area contributed by atoms with Gasteiger partial charge in [-0.05, 0) is 74.2 Å². The van der Waals surface area contributed by atoms with Crippen molar-refractivity contribution in [1.82, 2.24) is 5.32 Å². The van der Waals surface area contributed by atoms with Crippen molar-refractivity contribution in [1.29, 1.82) is 0 Å². The topological polar surface area (TPSA) is 41.5 Å². The van der Waals surface area contributed by atoms with Crippen LogP contribution in [0.1, 0.15) is 36.8 Å². The van der Waals surface area contributed by atoms with Crippen molar-refractivity contribution in [3.05, 3.63) is 29.3 Å². The first-order valence-corrected chi connectivity index (χ1v) is 7.70. The van der Waals surface area contributed by atoms with Crippen LogP contribution in [0.4, 0.5) is 0 Å². The molecule has 2 N–H and O–H groups in total. The highest BCUT2D eigenvalue weighted by Crippen LogP contribution is 2.50. The summed E-state index contributed by atoms with van der Waals surface area (Å²) in [6.45, 7) is 0.335. The van der Waals surface area contributed by atoms with Gasteiger partial charge in [-0.25, -0.2) is 0 Å². The standard InChI is InChI=1S/C17H25NO2/c1-18-17-8-7-12(11-19)9-14(17)5-3-13-4-6-15(20-2)10-16(13)17/h4,6,10,12,14,18-19H,3,5,7-9,11H2,1-2H3. The Hall–Kier alpha value is -1.06. The molecule has 3 heteroatoms. The molecule has 0 amide bonds. The second kappa shape index (κ2) is 5.38. The fraction of sp³-hybridized carbons (Fsp3) is 0.647. The predicted octanol–water partition coefficient (Wildman–Crippen LogP) is 2.46. The largest absolute Gasteiger partial charge is 0.497 e. The molecule has 3 atom stereocenters. The van der Waals surface area contributed by atoms with Crippen molar-refractivity contribution in [2.45, 2.75) is 37.6 Å². The highest BCUT2D eigenvalue weighted by atomic mass is 16.5. The first-order chi connectivity index (χ1) is 9.73. The van der Waals surface area contributed by atoms with Crippen LogP contribution in [0.3, 0.4) is 0 Å². The summed E-state index contributed by atoms with van der Waals surface area (Å²) in [6, 6.07) is 6.51. The Balaban J connectivity index is 2.02. The molecule has 3 rings (SSSR count). The van der Waals surface area contributed by atoms with Gasteiger partial charge in [0.25, 0.3) is 0 Å². The number of fused-ring (bicyclic) bond motifs is 3. The molecule has 1 aromatic rings. The van der Waals surface area contributed by atoms with Gasteiger partial charge < -0.3 is 15.2 Å². The van der Waals surface area contributed by atoms with Gasteiger partial charge >= 0.3 is 0 Å². The zero-order chi connectivity index (χ0) is 14.2. The fourth-order valence-corrected chi connectivity index (χ4v) is 4.35. The SMILES string of the molecule is CNC12CCC(CO)CC1CCc1ccc(OC)cc12. The van der Waals surface area contributed by atoms with E-state index in [0.717, 1.165) is 31.4 Å². The number of aryl methyl sites for hydroxylation is 1. The summed E-state index contributed by atoms with van der Waals surface area (Å²) in [7, 11) is 3.82. The van der Waals surface area contributed by atoms with Gasteiger partial charge in [0.2, 0.25) is 0 Å². The molecule has 0 heterocycles. The summed E-state index contributed by atoms with van der Waals surface area (Å²) >= 11 is 0. The molecule has 2 aliphatic carbocycles. The number of nitrogens with one attached hydrogen (secondary N) is 1. The van der Waals surface area contributed by atoms with Gasteiger partial charge in [-0.2, -0.15) is 0 Å². The Kier molecular flexibility index (Phi) is 3.74. The predicted molar refractivity (Wildman–Crippen MR) is 80.0 cm³/mol. The van der Waals surface area contributed by atoms with Crippen LogP contribution in [-0.2, 0) is 12.0 Å². The van der Waals surface area contributed by atoms with Gasteiger partial charge in [-0.15, -0.1) is 0 Å². The third kappa shape index (κ3) is 2.04. The summed E-state index contributed by atoms with van der Waals surface area (Å²) in [5.74, 6) is 2.05. The number of benzene rings is 1. The van der Waals surface area contributed by atoms with Crippen molar-refractivity contribution < 1.29 is 9.84 Å². The molecule has 0 saturated heterocycles. The molecule has 0 radical (unpaired) electrons. The normalized spacial score (nSPS) is 32.4. The van der Waals surface area contributed by atoms with E-state index in [1.807, 2.05) is 0 Å². The molecular formula is C17H25NO2. The van der Waals surface area contributed by atoms with Crippen LogP contribution in [-0.4, -0.2) is 25.9 Å². The van der Waals surface area contributed by atoms with Gasteiger partial charge in [0.1, 0.15) is 5.75 Å². The van der Waals surface area contributed by atoms with Gasteiger partial charge in [0.05, 0.1) is 7.11 Å². The molecular weight excluding hydrogens is 250 g/mol. The molecule has 20 heavy (non-hydrogen) atoms. The minimum Gasteiger partial charge on any atom is -0.497 e. The van der Waals surface area contributed by atoms with E-state index >= 15 is 0 Å². The second-order valence-corrected chi connectivity index (χ2v) is 6.30. The Morgan fingerprint density at radius 1 is 1.40 bits per heavy atom. The van der Waals surface area contributed by atoms with Crippen molar-refractivity contribution >= 4 is 0 Å². The third-order valence-electron chi connectivity index (χ3n) is 5.53. The lowest BCUT2D eigenvalue weighted by molar-refractivity contribution is 0.0655. The average molecular weight is 275 g/mol. The zero-order valence-corrected chi connectivity index (χ0v) is 12.5. The molecule has 110 valence electrons.